The van der Waals surface area contributed by atoms with Crippen molar-refractivity contribution in [3.05, 3.63) is 59.2 Å². The zero-order valence-corrected chi connectivity index (χ0v) is 14.9. The number of esters is 1. The molecule has 0 aliphatic heterocycles. The van der Waals surface area contributed by atoms with Crippen molar-refractivity contribution >= 4 is 23.3 Å². The minimum absolute atomic E-state index is 0.0376. The van der Waals surface area contributed by atoms with Gasteiger partial charge in [0, 0.05) is 24.3 Å². The molecule has 2 aromatic rings. The molecular weight excluding hydrogens is 316 g/mol. The van der Waals surface area contributed by atoms with Gasteiger partial charge in [-0.2, -0.15) is 0 Å². The molecule has 0 bridgehead atoms. The minimum atomic E-state index is -0.332. The second-order valence-electron chi connectivity index (χ2n) is 5.77. The summed E-state index contributed by atoms with van der Waals surface area (Å²) in [5, 5.41) is 6.11. The largest absolute Gasteiger partial charge is 0.462 e. The number of ether oxygens (including phenoxy) is 1. The lowest BCUT2D eigenvalue weighted by Gasteiger charge is -2.11. The third-order valence-corrected chi connectivity index (χ3v) is 3.96. The molecule has 132 valence electrons. The first-order chi connectivity index (χ1) is 12.0. The first-order valence-corrected chi connectivity index (χ1v) is 8.38. The van der Waals surface area contributed by atoms with Crippen molar-refractivity contribution in [3.8, 4) is 0 Å². The molecule has 2 N–H and O–H groups in total. The van der Waals surface area contributed by atoms with Crippen molar-refractivity contribution < 1.29 is 14.3 Å². The topological polar surface area (TPSA) is 67.4 Å². The van der Waals surface area contributed by atoms with E-state index in [1.54, 1.807) is 31.2 Å². The molecule has 5 heteroatoms. The van der Waals surface area contributed by atoms with Crippen LogP contribution < -0.4 is 10.6 Å². The predicted molar refractivity (Wildman–Crippen MR) is 100 cm³/mol. The molecule has 2 aromatic carbocycles. The summed E-state index contributed by atoms with van der Waals surface area (Å²) < 4.78 is 4.94. The van der Waals surface area contributed by atoms with Crippen LogP contribution >= 0.6 is 0 Å². The monoisotopic (exact) mass is 340 g/mol. The second-order valence-corrected chi connectivity index (χ2v) is 5.77. The average Bonchev–Trinajstić information content (AvgIpc) is 2.60. The summed E-state index contributed by atoms with van der Waals surface area (Å²) in [6.45, 7) is 6.65. The number of rotatable bonds is 7. The summed E-state index contributed by atoms with van der Waals surface area (Å²) in [6, 6.07) is 12.9. The van der Waals surface area contributed by atoms with Gasteiger partial charge in [-0.3, -0.25) is 4.79 Å². The fourth-order valence-electron chi connectivity index (χ4n) is 2.36. The molecule has 0 aliphatic rings. The highest BCUT2D eigenvalue weighted by Gasteiger charge is 2.07. The Morgan fingerprint density at radius 2 is 1.76 bits per heavy atom. The maximum Gasteiger partial charge on any atom is 0.338 e. The third-order valence-electron chi connectivity index (χ3n) is 3.96. The van der Waals surface area contributed by atoms with E-state index >= 15 is 0 Å². The Kier molecular flexibility index (Phi) is 6.57. The van der Waals surface area contributed by atoms with Gasteiger partial charge >= 0.3 is 5.97 Å². The summed E-state index contributed by atoms with van der Waals surface area (Å²) in [4.78, 5) is 23.7. The Balaban J connectivity index is 1.81. The van der Waals surface area contributed by atoms with Gasteiger partial charge < -0.3 is 15.4 Å². The van der Waals surface area contributed by atoms with Crippen LogP contribution in [0.25, 0.3) is 0 Å². The summed E-state index contributed by atoms with van der Waals surface area (Å²) in [5.74, 6) is -0.369. The van der Waals surface area contributed by atoms with E-state index in [0.29, 0.717) is 25.1 Å². The van der Waals surface area contributed by atoms with Crippen molar-refractivity contribution in [1.82, 2.24) is 0 Å². The van der Waals surface area contributed by atoms with Crippen LogP contribution in [-0.4, -0.2) is 25.0 Å². The summed E-state index contributed by atoms with van der Waals surface area (Å²) in [5.41, 5.74) is 4.45. The van der Waals surface area contributed by atoms with Gasteiger partial charge in [0.25, 0.3) is 0 Å². The van der Waals surface area contributed by atoms with Gasteiger partial charge in [0.2, 0.25) is 5.91 Å². The Bertz CT molecular complexity index is 739. The van der Waals surface area contributed by atoms with Crippen molar-refractivity contribution in [1.29, 1.82) is 0 Å². The lowest BCUT2D eigenvalue weighted by molar-refractivity contribution is -0.115. The van der Waals surface area contributed by atoms with Crippen LogP contribution in [0.4, 0.5) is 11.4 Å². The minimum Gasteiger partial charge on any atom is -0.462 e. The molecule has 0 fully saturated rings. The Hall–Kier alpha value is -2.82. The molecule has 1 amide bonds. The Morgan fingerprint density at radius 1 is 1.04 bits per heavy atom. The highest BCUT2D eigenvalue weighted by atomic mass is 16.5. The quantitative estimate of drug-likeness (QED) is 0.750. The van der Waals surface area contributed by atoms with Crippen molar-refractivity contribution in [2.45, 2.75) is 27.2 Å². The lowest BCUT2D eigenvalue weighted by Crippen LogP contribution is -2.17. The van der Waals surface area contributed by atoms with Crippen LogP contribution in [0, 0.1) is 13.8 Å². The van der Waals surface area contributed by atoms with E-state index in [-0.39, 0.29) is 11.9 Å². The molecule has 25 heavy (non-hydrogen) atoms. The van der Waals surface area contributed by atoms with Crippen molar-refractivity contribution in [3.63, 3.8) is 0 Å². The molecule has 5 nitrogen and oxygen atoms in total. The van der Waals surface area contributed by atoms with E-state index in [1.807, 2.05) is 32.0 Å². The third kappa shape index (κ3) is 5.35. The zero-order chi connectivity index (χ0) is 18.2. The second kappa shape index (κ2) is 8.87. The first-order valence-electron chi connectivity index (χ1n) is 8.38. The van der Waals surface area contributed by atoms with Gasteiger partial charge in [-0.1, -0.05) is 12.1 Å². The van der Waals surface area contributed by atoms with Gasteiger partial charge in [-0.15, -0.1) is 0 Å². The van der Waals surface area contributed by atoms with Crippen molar-refractivity contribution in [2.24, 2.45) is 0 Å². The molecule has 0 saturated heterocycles. The molecule has 0 aromatic heterocycles. The fourth-order valence-corrected chi connectivity index (χ4v) is 2.36. The van der Waals surface area contributed by atoms with Gasteiger partial charge in [0.15, 0.2) is 0 Å². The van der Waals surface area contributed by atoms with E-state index < -0.39 is 0 Å². The van der Waals surface area contributed by atoms with Crippen LogP contribution in [0.3, 0.4) is 0 Å². The Morgan fingerprint density at radius 3 is 2.44 bits per heavy atom. The number of hydrogen-bond donors (Lipinski definition) is 2. The number of benzene rings is 2. The maximum atomic E-state index is 12.1. The van der Waals surface area contributed by atoms with E-state index in [2.05, 4.69) is 10.6 Å². The highest BCUT2D eigenvalue weighted by molar-refractivity contribution is 5.92. The van der Waals surface area contributed by atoms with Crippen LogP contribution in [0.1, 0.15) is 34.8 Å². The standard InChI is InChI=1S/C20H24N2O3/c1-4-25-20(24)16-8-10-17(11-9-16)21-13-12-19(23)22-18-7-5-6-14(2)15(18)3/h5-11,21H,4,12-13H2,1-3H3,(H,22,23). The molecular formula is C20H24N2O3. The molecule has 0 spiro atoms. The zero-order valence-electron chi connectivity index (χ0n) is 14.9. The summed E-state index contributed by atoms with van der Waals surface area (Å²) in [7, 11) is 0. The number of anilines is 2. The first kappa shape index (κ1) is 18.5. The summed E-state index contributed by atoms with van der Waals surface area (Å²) in [6.07, 6.45) is 0.354. The molecule has 0 radical (unpaired) electrons. The van der Waals surface area contributed by atoms with Gasteiger partial charge in [0.1, 0.15) is 0 Å². The van der Waals surface area contributed by atoms with E-state index in [9.17, 15) is 9.59 Å². The number of amides is 1. The molecule has 0 atom stereocenters. The van der Waals surface area contributed by atoms with Gasteiger partial charge in [0.05, 0.1) is 12.2 Å². The maximum absolute atomic E-state index is 12.1. The van der Waals surface area contributed by atoms with Crippen LogP contribution in [0.5, 0.6) is 0 Å². The highest BCUT2D eigenvalue weighted by Crippen LogP contribution is 2.18. The van der Waals surface area contributed by atoms with Crippen LogP contribution in [0.2, 0.25) is 0 Å². The van der Waals surface area contributed by atoms with E-state index in [4.69, 9.17) is 4.74 Å². The predicted octanol–water partition coefficient (Wildman–Crippen LogP) is 3.92. The smallest absolute Gasteiger partial charge is 0.338 e. The van der Waals surface area contributed by atoms with Crippen LogP contribution in [0.15, 0.2) is 42.5 Å². The van der Waals surface area contributed by atoms with Gasteiger partial charge in [-0.25, -0.2) is 4.79 Å². The SMILES string of the molecule is CCOC(=O)c1ccc(NCCC(=O)Nc2cccc(C)c2C)cc1. The molecule has 0 heterocycles. The lowest BCUT2D eigenvalue weighted by atomic mass is 10.1. The molecule has 0 unspecified atom stereocenters. The number of carbonyl (C=O) groups is 2. The van der Waals surface area contributed by atoms with Crippen LogP contribution in [-0.2, 0) is 9.53 Å². The number of carbonyl (C=O) groups excluding carboxylic acids is 2. The Labute approximate surface area is 148 Å². The molecule has 2 rings (SSSR count). The van der Waals surface area contributed by atoms with Gasteiger partial charge in [-0.05, 0) is 62.2 Å². The summed E-state index contributed by atoms with van der Waals surface area (Å²) >= 11 is 0. The number of hydrogen-bond acceptors (Lipinski definition) is 4. The fraction of sp³-hybridized carbons (Fsp3) is 0.300. The normalized spacial score (nSPS) is 10.2. The van der Waals surface area contributed by atoms with Crippen molar-refractivity contribution in [2.75, 3.05) is 23.8 Å². The van der Waals surface area contributed by atoms with E-state index in [1.165, 1.54) is 0 Å². The van der Waals surface area contributed by atoms with E-state index in [0.717, 1.165) is 22.5 Å². The average molecular weight is 340 g/mol. The molecule has 0 saturated carbocycles. The molecule has 0 aliphatic carbocycles. The number of nitrogens with one attached hydrogen (secondary N) is 2. The number of aryl methyl sites for hydroxylation is 1.